The number of rotatable bonds is 6. The normalized spacial score (nSPS) is 11.3. The summed E-state index contributed by atoms with van der Waals surface area (Å²) in [6.45, 7) is 2.64. The van der Waals surface area contributed by atoms with E-state index < -0.39 is 15.9 Å². The van der Waals surface area contributed by atoms with Gasteiger partial charge in [-0.05, 0) is 38.1 Å². The third-order valence-electron chi connectivity index (χ3n) is 3.33. The van der Waals surface area contributed by atoms with Crippen molar-refractivity contribution in [2.24, 2.45) is 0 Å². The van der Waals surface area contributed by atoms with Crippen LogP contribution in [-0.2, 0) is 14.8 Å². The van der Waals surface area contributed by atoms with Crippen molar-refractivity contribution >= 4 is 27.3 Å². The minimum absolute atomic E-state index is 0.0364. The van der Waals surface area contributed by atoms with Gasteiger partial charge in [-0.3, -0.25) is 4.79 Å². The van der Waals surface area contributed by atoms with Gasteiger partial charge in [0.2, 0.25) is 15.9 Å². The zero-order valence-electron chi connectivity index (χ0n) is 14.0. The Morgan fingerprint density at radius 2 is 1.83 bits per heavy atom. The van der Waals surface area contributed by atoms with Gasteiger partial charge in [-0.25, -0.2) is 13.1 Å². The van der Waals surface area contributed by atoms with Crippen molar-refractivity contribution in [1.29, 1.82) is 0 Å². The van der Waals surface area contributed by atoms with Gasteiger partial charge < -0.3 is 14.7 Å². The molecule has 0 radical (unpaired) electrons. The van der Waals surface area contributed by atoms with Gasteiger partial charge in [-0.1, -0.05) is 5.16 Å². The zero-order chi connectivity index (χ0) is 17.9. The number of sulfonamides is 1. The number of nitrogens with zero attached hydrogens (tertiary/aromatic N) is 2. The van der Waals surface area contributed by atoms with Crippen molar-refractivity contribution in [3.05, 3.63) is 35.7 Å². The lowest BCUT2D eigenvalue weighted by Crippen LogP contribution is -2.33. The van der Waals surface area contributed by atoms with Crippen LogP contribution in [0.2, 0.25) is 0 Å². The first-order valence-electron chi connectivity index (χ1n) is 7.20. The maximum atomic E-state index is 12.2. The molecule has 0 atom stereocenters. The van der Waals surface area contributed by atoms with Crippen LogP contribution in [0.3, 0.4) is 0 Å². The second-order valence-corrected chi connectivity index (χ2v) is 7.17. The number of anilines is 2. The lowest BCUT2D eigenvalue weighted by atomic mass is 10.2. The molecule has 2 N–H and O–H groups in total. The Morgan fingerprint density at radius 3 is 2.33 bits per heavy atom. The van der Waals surface area contributed by atoms with Crippen molar-refractivity contribution in [3.8, 4) is 0 Å². The quantitative estimate of drug-likeness (QED) is 0.811. The summed E-state index contributed by atoms with van der Waals surface area (Å²) in [4.78, 5) is 13.8. The molecule has 8 nitrogen and oxygen atoms in total. The van der Waals surface area contributed by atoms with Crippen LogP contribution in [0.5, 0.6) is 0 Å². The first kappa shape index (κ1) is 18.0. The number of aromatic nitrogens is 1. The molecule has 0 unspecified atom stereocenters. The van der Waals surface area contributed by atoms with Gasteiger partial charge in [-0.2, -0.15) is 0 Å². The van der Waals surface area contributed by atoms with Crippen molar-refractivity contribution in [2.75, 3.05) is 30.9 Å². The Bertz CT molecular complexity index is 806. The Labute approximate surface area is 140 Å². The summed E-state index contributed by atoms with van der Waals surface area (Å²) in [5.41, 5.74) is 1.83. The second-order valence-electron chi connectivity index (χ2n) is 5.47. The summed E-state index contributed by atoms with van der Waals surface area (Å²) in [5.74, 6) is -0.289. The van der Waals surface area contributed by atoms with E-state index in [4.69, 9.17) is 4.52 Å². The molecule has 1 heterocycles. The number of nitrogens with one attached hydrogen (secondary N) is 2. The van der Waals surface area contributed by atoms with Crippen LogP contribution >= 0.6 is 0 Å². The Kier molecular flexibility index (Phi) is 5.25. The number of hydrogen-bond acceptors (Lipinski definition) is 6. The predicted molar refractivity (Wildman–Crippen MR) is 90.6 cm³/mol. The van der Waals surface area contributed by atoms with Crippen LogP contribution in [-0.4, -0.2) is 40.1 Å². The van der Waals surface area contributed by atoms with E-state index in [1.54, 1.807) is 12.1 Å². The zero-order valence-corrected chi connectivity index (χ0v) is 14.8. The molecule has 130 valence electrons. The SMILES string of the molecule is Cc1noc(C)c1S(=O)(=O)NCC(=O)Nc1ccc(N(C)C)cc1. The van der Waals surface area contributed by atoms with E-state index in [0.29, 0.717) is 5.69 Å². The molecule has 0 spiro atoms. The highest BCUT2D eigenvalue weighted by molar-refractivity contribution is 7.89. The number of hydrogen-bond donors (Lipinski definition) is 2. The first-order chi connectivity index (χ1) is 11.2. The van der Waals surface area contributed by atoms with Gasteiger partial charge in [0.15, 0.2) is 5.76 Å². The molecule has 0 saturated heterocycles. The molecular weight excluding hydrogens is 332 g/mol. The molecule has 1 amide bonds. The third kappa shape index (κ3) is 4.12. The molecule has 0 aliphatic rings. The fourth-order valence-electron chi connectivity index (χ4n) is 2.14. The molecule has 1 aromatic carbocycles. The van der Waals surface area contributed by atoms with Crippen molar-refractivity contribution in [2.45, 2.75) is 18.7 Å². The number of carbonyl (C=O) groups excluding carboxylic acids is 1. The maximum absolute atomic E-state index is 12.2. The van der Waals surface area contributed by atoms with Gasteiger partial charge >= 0.3 is 0 Å². The third-order valence-corrected chi connectivity index (χ3v) is 4.97. The topological polar surface area (TPSA) is 105 Å². The number of amides is 1. The molecule has 2 aromatic rings. The summed E-state index contributed by atoms with van der Waals surface area (Å²) in [5, 5.41) is 6.23. The minimum atomic E-state index is -3.86. The van der Waals surface area contributed by atoms with Crippen LogP contribution < -0.4 is 14.9 Å². The van der Waals surface area contributed by atoms with Crippen LogP contribution in [0.25, 0.3) is 0 Å². The highest BCUT2D eigenvalue weighted by Crippen LogP contribution is 2.18. The second kappa shape index (κ2) is 7.02. The van der Waals surface area contributed by atoms with Crippen LogP contribution in [0.4, 0.5) is 11.4 Å². The van der Waals surface area contributed by atoms with E-state index >= 15 is 0 Å². The van der Waals surface area contributed by atoms with E-state index in [2.05, 4.69) is 15.2 Å². The highest BCUT2D eigenvalue weighted by atomic mass is 32.2. The van der Waals surface area contributed by atoms with Crippen LogP contribution in [0, 0.1) is 13.8 Å². The molecule has 9 heteroatoms. The molecule has 0 fully saturated rings. The largest absolute Gasteiger partial charge is 0.378 e. The lowest BCUT2D eigenvalue weighted by molar-refractivity contribution is -0.115. The van der Waals surface area contributed by atoms with Crippen molar-refractivity contribution in [3.63, 3.8) is 0 Å². The van der Waals surface area contributed by atoms with Crippen molar-refractivity contribution < 1.29 is 17.7 Å². The van der Waals surface area contributed by atoms with Gasteiger partial charge in [0, 0.05) is 25.5 Å². The average Bonchev–Trinajstić information content (AvgIpc) is 2.85. The van der Waals surface area contributed by atoms with E-state index in [-0.39, 0.29) is 22.9 Å². The summed E-state index contributed by atoms with van der Waals surface area (Å²) < 4.78 is 31.5. The molecule has 0 bridgehead atoms. The monoisotopic (exact) mass is 352 g/mol. The van der Waals surface area contributed by atoms with E-state index in [0.717, 1.165) is 5.69 Å². The number of aryl methyl sites for hydroxylation is 2. The summed E-state index contributed by atoms with van der Waals surface area (Å²) in [6, 6.07) is 7.19. The first-order valence-corrected chi connectivity index (χ1v) is 8.69. The Balaban J connectivity index is 1.98. The number of carbonyl (C=O) groups is 1. The molecule has 0 aliphatic carbocycles. The standard InChI is InChI=1S/C15H20N4O4S/c1-10-15(11(2)23-18-10)24(21,22)16-9-14(20)17-12-5-7-13(8-6-12)19(3)4/h5-8,16H,9H2,1-4H3,(H,17,20). The lowest BCUT2D eigenvalue weighted by Gasteiger charge is -2.13. The summed E-state index contributed by atoms with van der Waals surface area (Å²) >= 11 is 0. The Hall–Kier alpha value is -2.39. The average molecular weight is 352 g/mol. The van der Waals surface area contributed by atoms with E-state index in [1.165, 1.54) is 13.8 Å². The summed E-state index contributed by atoms with van der Waals surface area (Å²) in [7, 11) is -0.0298. The summed E-state index contributed by atoms with van der Waals surface area (Å²) in [6.07, 6.45) is 0. The molecule has 24 heavy (non-hydrogen) atoms. The molecule has 0 saturated carbocycles. The molecule has 0 aliphatic heterocycles. The highest BCUT2D eigenvalue weighted by Gasteiger charge is 2.24. The molecule has 2 rings (SSSR count). The molecular formula is C15H20N4O4S. The van der Waals surface area contributed by atoms with Gasteiger partial charge in [0.05, 0.1) is 6.54 Å². The minimum Gasteiger partial charge on any atom is -0.378 e. The maximum Gasteiger partial charge on any atom is 0.246 e. The fraction of sp³-hybridized carbons (Fsp3) is 0.333. The van der Waals surface area contributed by atoms with E-state index in [1.807, 2.05) is 31.1 Å². The van der Waals surface area contributed by atoms with Gasteiger partial charge in [-0.15, -0.1) is 0 Å². The number of benzene rings is 1. The van der Waals surface area contributed by atoms with Gasteiger partial charge in [0.1, 0.15) is 10.6 Å². The van der Waals surface area contributed by atoms with Crippen molar-refractivity contribution in [1.82, 2.24) is 9.88 Å². The van der Waals surface area contributed by atoms with Crippen LogP contribution in [0.15, 0.2) is 33.7 Å². The Morgan fingerprint density at radius 1 is 1.21 bits per heavy atom. The fourth-order valence-corrected chi connectivity index (χ4v) is 3.45. The van der Waals surface area contributed by atoms with Crippen LogP contribution in [0.1, 0.15) is 11.5 Å². The molecule has 1 aromatic heterocycles. The van der Waals surface area contributed by atoms with Gasteiger partial charge in [0.25, 0.3) is 0 Å². The van der Waals surface area contributed by atoms with E-state index in [9.17, 15) is 13.2 Å². The smallest absolute Gasteiger partial charge is 0.246 e. The predicted octanol–water partition coefficient (Wildman–Crippen LogP) is 1.27.